The third-order valence-electron chi connectivity index (χ3n) is 5.58. The lowest BCUT2D eigenvalue weighted by atomic mass is 10.2. The topological polar surface area (TPSA) is 174 Å². The highest BCUT2D eigenvalue weighted by Crippen LogP contribution is 2.09. The number of benzene rings is 2. The molecule has 206 valence electrons. The van der Waals surface area contributed by atoms with Crippen LogP contribution in [0.15, 0.2) is 60.7 Å². The van der Waals surface area contributed by atoms with E-state index in [2.05, 4.69) is 0 Å². The normalized spacial score (nSPS) is 12.8. The summed E-state index contributed by atoms with van der Waals surface area (Å²) in [5.41, 5.74) is 1.60. The molecule has 0 saturated heterocycles. The third-order valence-corrected chi connectivity index (χ3v) is 5.58. The lowest BCUT2D eigenvalue weighted by Crippen LogP contribution is -2.53. The predicted octanol–water partition coefficient (Wildman–Crippen LogP) is 1.10. The van der Waals surface area contributed by atoms with Gasteiger partial charge in [0.05, 0.1) is 39.5 Å². The fraction of sp³-hybridized carbons (Fsp3) is 0.385. The summed E-state index contributed by atoms with van der Waals surface area (Å²) in [6, 6.07) is 15.3. The lowest BCUT2D eigenvalue weighted by molar-refractivity contribution is -0.153. The summed E-state index contributed by atoms with van der Waals surface area (Å²) in [5.74, 6) is -5.26. The Labute approximate surface area is 219 Å². The third kappa shape index (κ3) is 11.0. The maximum Gasteiger partial charge on any atom is 0.323 e. The number of rotatable bonds is 19. The van der Waals surface area contributed by atoms with E-state index in [0.29, 0.717) is 0 Å². The van der Waals surface area contributed by atoms with E-state index in [0.717, 1.165) is 20.9 Å². The molecule has 0 radical (unpaired) electrons. The summed E-state index contributed by atoms with van der Waals surface area (Å²) < 4.78 is 11.0. The zero-order chi connectivity index (χ0) is 27.9. The lowest BCUT2D eigenvalue weighted by Gasteiger charge is -2.32. The molecule has 0 spiro atoms. The molecule has 0 heterocycles. The van der Waals surface area contributed by atoms with Crippen molar-refractivity contribution in [1.82, 2.24) is 9.80 Å². The van der Waals surface area contributed by atoms with Crippen molar-refractivity contribution in [2.45, 2.75) is 25.3 Å². The number of carbonyl (C=O) groups is 4. The van der Waals surface area contributed by atoms with Gasteiger partial charge in [-0.25, -0.2) is 0 Å². The van der Waals surface area contributed by atoms with Gasteiger partial charge in [0.15, 0.2) is 0 Å². The van der Waals surface area contributed by atoms with Crippen molar-refractivity contribution in [3.63, 3.8) is 0 Å². The largest absolute Gasteiger partial charge is 0.480 e. The molecule has 0 aromatic heterocycles. The minimum absolute atomic E-state index is 0.108. The van der Waals surface area contributed by atoms with Gasteiger partial charge in [0.25, 0.3) is 0 Å². The Kier molecular flexibility index (Phi) is 12.9. The Balaban J connectivity index is 2.09. The van der Waals surface area contributed by atoms with Crippen LogP contribution in [0.5, 0.6) is 0 Å². The Morgan fingerprint density at radius 1 is 0.605 bits per heavy atom. The molecule has 0 aliphatic heterocycles. The van der Waals surface area contributed by atoms with E-state index in [1.165, 1.54) is 0 Å². The van der Waals surface area contributed by atoms with Crippen molar-refractivity contribution in [2.24, 2.45) is 0 Å². The van der Waals surface area contributed by atoms with Crippen LogP contribution in [0.4, 0.5) is 0 Å². The summed E-state index contributed by atoms with van der Waals surface area (Å²) in [4.78, 5) is 49.1. The molecular weight excluding hydrogens is 500 g/mol. The van der Waals surface area contributed by atoms with Crippen molar-refractivity contribution < 1.29 is 49.1 Å². The Bertz CT molecular complexity index is 951. The average Bonchev–Trinajstić information content (AvgIpc) is 2.87. The van der Waals surface area contributed by atoms with Gasteiger partial charge in [-0.15, -0.1) is 0 Å². The molecule has 2 atom stereocenters. The van der Waals surface area contributed by atoms with E-state index in [9.17, 15) is 39.6 Å². The summed E-state index contributed by atoms with van der Waals surface area (Å²) in [6.45, 7) is -2.28. The smallest absolute Gasteiger partial charge is 0.323 e. The van der Waals surface area contributed by atoms with Crippen LogP contribution in [-0.4, -0.2) is 106 Å². The summed E-state index contributed by atoms with van der Waals surface area (Å²) in [6.07, 6.45) is 0. The number of ether oxygens (including phenoxy) is 2. The monoisotopic (exact) mass is 532 g/mol. The Morgan fingerprint density at radius 3 is 1.24 bits per heavy atom. The molecule has 0 fully saturated rings. The molecule has 2 unspecified atom stereocenters. The molecule has 0 amide bonds. The molecule has 0 aliphatic carbocycles. The zero-order valence-electron chi connectivity index (χ0n) is 20.7. The van der Waals surface area contributed by atoms with Crippen LogP contribution in [0.3, 0.4) is 0 Å². The Hall–Kier alpha value is -3.84. The van der Waals surface area contributed by atoms with Gasteiger partial charge in [-0.3, -0.25) is 29.0 Å². The molecule has 38 heavy (non-hydrogen) atoms. The second kappa shape index (κ2) is 16.1. The summed E-state index contributed by atoms with van der Waals surface area (Å²) >= 11 is 0. The van der Waals surface area contributed by atoms with E-state index >= 15 is 0 Å². The molecular formula is C26H32N2O10. The predicted molar refractivity (Wildman–Crippen MR) is 133 cm³/mol. The first-order valence-corrected chi connectivity index (χ1v) is 11.8. The highest BCUT2D eigenvalue weighted by Gasteiger charge is 2.32. The van der Waals surface area contributed by atoms with Gasteiger partial charge in [-0.05, 0) is 11.1 Å². The van der Waals surface area contributed by atoms with Crippen molar-refractivity contribution in [2.75, 3.05) is 39.4 Å². The van der Waals surface area contributed by atoms with Crippen LogP contribution < -0.4 is 0 Å². The van der Waals surface area contributed by atoms with Crippen LogP contribution in [0.2, 0.25) is 0 Å². The molecule has 0 saturated carbocycles. The number of nitrogens with zero attached hydrogens (tertiary/aromatic N) is 2. The fourth-order valence-corrected chi connectivity index (χ4v) is 3.69. The average molecular weight is 533 g/mol. The summed E-state index contributed by atoms with van der Waals surface area (Å²) in [5, 5.41) is 38.2. The molecule has 2 rings (SSSR count). The van der Waals surface area contributed by atoms with Gasteiger partial charge < -0.3 is 29.9 Å². The van der Waals surface area contributed by atoms with Crippen molar-refractivity contribution in [3.8, 4) is 0 Å². The van der Waals surface area contributed by atoms with Crippen LogP contribution in [0.1, 0.15) is 11.1 Å². The number of carboxylic acid groups (broad SMARTS) is 4. The number of hydrogen-bond acceptors (Lipinski definition) is 8. The van der Waals surface area contributed by atoms with Gasteiger partial charge in [-0.1, -0.05) is 60.7 Å². The number of hydrogen-bond donors (Lipinski definition) is 4. The van der Waals surface area contributed by atoms with Crippen LogP contribution in [0, 0.1) is 0 Å². The van der Waals surface area contributed by atoms with E-state index in [4.69, 9.17) is 9.47 Å². The minimum atomic E-state index is -1.36. The highest BCUT2D eigenvalue weighted by atomic mass is 16.5. The SMILES string of the molecule is O=C(O)CN(CCN(CC(=O)O)C(COCc1ccccc1)C(=O)O)C(COCc1ccccc1)C(=O)O. The molecule has 2 aromatic carbocycles. The van der Waals surface area contributed by atoms with E-state index in [-0.39, 0.29) is 39.5 Å². The van der Waals surface area contributed by atoms with E-state index in [1.807, 2.05) is 12.1 Å². The molecule has 0 aliphatic rings. The van der Waals surface area contributed by atoms with Crippen LogP contribution in [-0.2, 0) is 41.9 Å². The van der Waals surface area contributed by atoms with Gasteiger partial charge in [0.2, 0.25) is 0 Å². The quantitative estimate of drug-likeness (QED) is 0.203. The second-order valence-electron chi connectivity index (χ2n) is 8.44. The van der Waals surface area contributed by atoms with Crippen molar-refractivity contribution in [3.05, 3.63) is 71.8 Å². The van der Waals surface area contributed by atoms with E-state index < -0.39 is 49.1 Å². The zero-order valence-corrected chi connectivity index (χ0v) is 20.7. The molecule has 0 bridgehead atoms. The fourth-order valence-electron chi connectivity index (χ4n) is 3.69. The first kappa shape index (κ1) is 30.4. The molecule has 4 N–H and O–H groups in total. The minimum Gasteiger partial charge on any atom is -0.480 e. The molecule has 2 aromatic rings. The number of aliphatic carboxylic acids is 4. The van der Waals surface area contributed by atoms with Gasteiger partial charge in [0.1, 0.15) is 12.1 Å². The first-order chi connectivity index (χ1) is 18.2. The highest BCUT2D eigenvalue weighted by molar-refractivity contribution is 5.76. The van der Waals surface area contributed by atoms with Crippen molar-refractivity contribution >= 4 is 23.9 Å². The first-order valence-electron chi connectivity index (χ1n) is 11.8. The van der Waals surface area contributed by atoms with Gasteiger partial charge in [-0.2, -0.15) is 0 Å². The second-order valence-corrected chi connectivity index (χ2v) is 8.44. The van der Waals surface area contributed by atoms with Crippen LogP contribution in [0.25, 0.3) is 0 Å². The van der Waals surface area contributed by atoms with E-state index in [1.54, 1.807) is 48.5 Å². The van der Waals surface area contributed by atoms with Gasteiger partial charge in [0, 0.05) is 13.1 Å². The van der Waals surface area contributed by atoms with Crippen molar-refractivity contribution in [1.29, 1.82) is 0 Å². The summed E-state index contributed by atoms with van der Waals surface area (Å²) in [7, 11) is 0. The number of carboxylic acids is 4. The molecule has 12 heteroatoms. The molecule has 12 nitrogen and oxygen atoms in total. The maximum atomic E-state index is 12.0. The van der Waals surface area contributed by atoms with Crippen LogP contribution >= 0.6 is 0 Å². The Morgan fingerprint density at radius 2 is 0.947 bits per heavy atom. The standard InChI is InChI=1S/C26H32N2O10/c29-23(30)13-27(21(25(33)34)17-37-15-19-7-3-1-4-8-19)11-12-28(14-24(31)32)22(26(35)36)18-38-16-20-9-5-2-6-10-20/h1-10,21-22H,11-18H2,(H,29,30)(H,31,32)(H,33,34)(H,35,36). The maximum absolute atomic E-state index is 12.0. The van der Waals surface area contributed by atoms with Gasteiger partial charge >= 0.3 is 23.9 Å².